The smallest absolute Gasteiger partial charge is 0.243 e. The Morgan fingerprint density at radius 2 is 1.49 bits per heavy atom. The van der Waals surface area contributed by atoms with Gasteiger partial charge in [0, 0.05) is 32.0 Å². The number of rotatable bonds is 13. The fourth-order valence-corrected chi connectivity index (χ4v) is 6.88. The topological polar surface area (TPSA) is 86.8 Å². The SMILES string of the molecule is Cc1cccc(N(CCCC(=O)N(Cc2ccccc2)C(Cc2ccccc2)C(=O)NC2CCCCC2)S(C)(=O)=O)c1C. The molecule has 0 aromatic heterocycles. The normalized spacial score (nSPS) is 14.6. The molecule has 2 amide bonds. The number of hydrogen-bond donors (Lipinski definition) is 1. The summed E-state index contributed by atoms with van der Waals surface area (Å²) in [5, 5.41) is 3.27. The summed E-state index contributed by atoms with van der Waals surface area (Å²) < 4.78 is 27.0. The van der Waals surface area contributed by atoms with Crippen molar-refractivity contribution in [2.24, 2.45) is 0 Å². The quantitative estimate of drug-likeness (QED) is 0.262. The predicted molar refractivity (Wildman–Crippen MR) is 173 cm³/mol. The van der Waals surface area contributed by atoms with Crippen LogP contribution in [0.25, 0.3) is 0 Å². The Morgan fingerprint density at radius 1 is 0.860 bits per heavy atom. The Kier molecular flexibility index (Phi) is 11.4. The lowest BCUT2D eigenvalue weighted by Crippen LogP contribution is -2.52. The van der Waals surface area contributed by atoms with Crippen molar-refractivity contribution in [3.63, 3.8) is 0 Å². The molecule has 0 radical (unpaired) electrons. The fraction of sp³-hybridized carbons (Fsp3) is 0.429. The Labute approximate surface area is 257 Å². The van der Waals surface area contributed by atoms with Crippen LogP contribution in [-0.2, 0) is 32.6 Å². The van der Waals surface area contributed by atoms with E-state index in [1.54, 1.807) is 11.0 Å². The molecule has 1 saturated carbocycles. The lowest BCUT2D eigenvalue weighted by Gasteiger charge is -2.34. The highest BCUT2D eigenvalue weighted by Gasteiger charge is 2.32. The van der Waals surface area contributed by atoms with E-state index in [-0.39, 0.29) is 30.8 Å². The van der Waals surface area contributed by atoms with Crippen LogP contribution in [-0.4, -0.2) is 50.0 Å². The third kappa shape index (κ3) is 9.17. The van der Waals surface area contributed by atoms with Gasteiger partial charge < -0.3 is 10.2 Å². The molecule has 0 aliphatic heterocycles. The first kappa shape index (κ1) is 32.3. The molecule has 0 heterocycles. The van der Waals surface area contributed by atoms with Crippen molar-refractivity contribution in [1.29, 1.82) is 0 Å². The van der Waals surface area contributed by atoms with Crippen LogP contribution in [0.5, 0.6) is 0 Å². The lowest BCUT2D eigenvalue weighted by molar-refractivity contribution is -0.141. The van der Waals surface area contributed by atoms with Crippen molar-refractivity contribution >= 4 is 27.5 Å². The van der Waals surface area contributed by atoms with E-state index in [0.717, 1.165) is 47.9 Å². The Morgan fingerprint density at radius 3 is 2.12 bits per heavy atom. The van der Waals surface area contributed by atoms with Crippen molar-refractivity contribution in [2.75, 3.05) is 17.1 Å². The van der Waals surface area contributed by atoms with E-state index >= 15 is 0 Å². The summed E-state index contributed by atoms with van der Waals surface area (Å²) in [5.74, 6) is -0.300. The van der Waals surface area contributed by atoms with Gasteiger partial charge in [0.05, 0.1) is 11.9 Å². The minimum atomic E-state index is -3.57. The molecule has 1 aliphatic rings. The maximum atomic E-state index is 14.0. The molecule has 1 N–H and O–H groups in total. The molecule has 43 heavy (non-hydrogen) atoms. The molecule has 1 unspecified atom stereocenters. The second-order valence-electron chi connectivity index (χ2n) is 11.7. The van der Waals surface area contributed by atoms with Crippen LogP contribution in [0.15, 0.2) is 78.9 Å². The molecular weight excluding hydrogens is 558 g/mol. The van der Waals surface area contributed by atoms with Gasteiger partial charge in [-0.2, -0.15) is 0 Å². The van der Waals surface area contributed by atoms with E-state index in [1.807, 2.05) is 86.6 Å². The summed E-state index contributed by atoms with van der Waals surface area (Å²) in [4.78, 5) is 29.7. The number of amides is 2. The van der Waals surface area contributed by atoms with E-state index in [1.165, 1.54) is 17.0 Å². The Bertz CT molecular complexity index is 1450. The first-order valence-corrected chi connectivity index (χ1v) is 17.2. The van der Waals surface area contributed by atoms with Gasteiger partial charge in [0.1, 0.15) is 6.04 Å². The number of aryl methyl sites for hydroxylation is 1. The Balaban J connectivity index is 1.58. The van der Waals surface area contributed by atoms with E-state index in [2.05, 4.69) is 5.32 Å². The first-order chi connectivity index (χ1) is 20.6. The van der Waals surface area contributed by atoms with Gasteiger partial charge in [0.15, 0.2) is 0 Å². The number of nitrogens with one attached hydrogen (secondary N) is 1. The van der Waals surface area contributed by atoms with Gasteiger partial charge >= 0.3 is 0 Å². The monoisotopic (exact) mass is 603 g/mol. The zero-order valence-corrected chi connectivity index (χ0v) is 26.5. The van der Waals surface area contributed by atoms with E-state index in [4.69, 9.17) is 0 Å². The molecule has 7 nitrogen and oxygen atoms in total. The molecule has 0 spiro atoms. The lowest BCUT2D eigenvalue weighted by atomic mass is 9.94. The summed E-state index contributed by atoms with van der Waals surface area (Å²) in [6.07, 6.45) is 7.33. The highest BCUT2D eigenvalue weighted by molar-refractivity contribution is 7.92. The van der Waals surface area contributed by atoms with E-state index < -0.39 is 16.1 Å². The van der Waals surface area contributed by atoms with Crippen LogP contribution in [0.1, 0.15) is 67.2 Å². The number of carbonyl (C=O) groups excluding carboxylic acids is 2. The summed E-state index contributed by atoms with van der Waals surface area (Å²) >= 11 is 0. The summed E-state index contributed by atoms with van der Waals surface area (Å²) in [5.41, 5.74) is 4.45. The number of hydrogen-bond acceptors (Lipinski definition) is 4. The van der Waals surface area contributed by atoms with Crippen LogP contribution in [0.4, 0.5) is 5.69 Å². The maximum Gasteiger partial charge on any atom is 0.243 e. The third-order valence-corrected chi connectivity index (χ3v) is 9.60. The van der Waals surface area contributed by atoms with Gasteiger partial charge in [0.25, 0.3) is 0 Å². The second kappa shape index (κ2) is 15.2. The molecule has 0 bridgehead atoms. The minimum absolute atomic E-state index is 0.117. The van der Waals surface area contributed by atoms with Crippen LogP contribution in [0.3, 0.4) is 0 Å². The Hall–Kier alpha value is -3.65. The number of nitrogens with zero attached hydrogens (tertiary/aromatic N) is 2. The predicted octanol–water partition coefficient (Wildman–Crippen LogP) is 5.94. The number of sulfonamides is 1. The van der Waals surface area contributed by atoms with Crippen molar-refractivity contribution < 1.29 is 18.0 Å². The van der Waals surface area contributed by atoms with Crippen molar-refractivity contribution in [2.45, 2.75) is 83.8 Å². The third-order valence-electron chi connectivity index (χ3n) is 8.42. The van der Waals surface area contributed by atoms with Crippen LogP contribution < -0.4 is 9.62 Å². The van der Waals surface area contributed by atoms with Crippen molar-refractivity contribution in [1.82, 2.24) is 10.2 Å². The van der Waals surface area contributed by atoms with Crippen LogP contribution in [0, 0.1) is 13.8 Å². The molecule has 1 aliphatic carbocycles. The second-order valence-corrected chi connectivity index (χ2v) is 13.6. The van der Waals surface area contributed by atoms with Gasteiger partial charge in [0.2, 0.25) is 21.8 Å². The van der Waals surface area contributed by atoms with Crippen molar-refractivity contribution in [3.05, 3.63) is 101 Å². The molecule has 4 rings (SSSR count). The standard InChI is InChI=1S/C35H45N3O4S/c1-27-15-13-22-32(28(27)2)38(43(3,41)42)24-14-23-34(39)37(26-30-18-9-5-10-19-30)33(25-29-16-7-4-8-17-29)35(40)36-31-20-11-6-12-21-31/h4-5,7-10,13,15-19,22,31,33H,6,11-12,14,20-21,23-26H2,1-3H3,(H,36,40). The highest BCUT2D eigenvalue weighted by Crippen LogP contribution is 2.26. The maximum absolute atomic E-state index is 14.0. The molecule has 1 atom stereocenters. The van der Waals surface area contributed by atoms with E-state index in [9.17, 15) is 18.0 Å². The van der Waals surface area contributed by atoms with Gasteiger partial charge in [-0.1, -0.05) is 92.1 Å². The molecule has 230 valence electrons. The zero-order valence-electron chi connectivity index (χ0n) is 25.7. The highest BCUT2D eigenvalue weighted by atomic mass is 32.2. The number of anilines is 1. The van der Waals surface area contributed by atoms with E-state index in [0.29, 0.717) is 25.1 Å². The summed E-state index contributed by atoms with van der Waals surface area (Å²) in [7, 11) is -3.57. The van der Waals surface area contributed by atoms with Crippen molar-refractivity contribution in [3.8, 4) is 0 Å². The molecule has 8 heteroatoms. The van der Waals surface area contributed by atoms with Gasteiger partial charge in [-0.3, -0.25) is 13.9 Å². The summed E-state index contributed by atoms with van der Waals surface area (Å²) in [6, 6.07) is 24.6. The molecule has 3 aromatic carbocycles. The van der Waals surface area contributed by atoms with Gasteiger partial charge in [-0.05, 0) is 61.4 Å². The van der Waals surface area contributed by atoms with Crippen LogP contribution in [0.2, 0.25) is 0 Å². The average molecular weight is 604 g/mol. The van der Waals surface area contributed by atoms with Crippen LogP contribution >= 0.6 is 0 Å². The zero-order chi connectivity index (χ0) is 30.8. The molecule has 0 saturated heterocycles. The summed E-state index contributed by atoms with van der Waals surface area (Å²) in [6.45, 7) is 4.33. The van der Waals surface area contributed by atoms with Gasteiger partial charge in [-0.25, -0.2) is 8.42 Å². The minimum Gasteiger partial charge on any atom is -0.352 e. The van der Waals surface area contributed by atoms with Gasteiger partial charge in [-0.15, -0.1) is 0 Å². The largest absolute Gasteiger partial charge is 0.352 e. The average Bonchev–Trinajstić information content (AvgIpc) is 2.99. The fourth-order valence-electron chi connectivity index (χ4n) is 5.87. The first-order valence-electron chi connectivity index (χ1n) is 15.3. The molecular formula is C35H45N3O4S. The molecule has 3 aromatic rings. The number of benzene rings is 3. The molecule has 1 fully saturated rings. The number of carbonyl (C=O) groups is 2.